The van der Waals surface area contributed by atoms with Crippen molar-refractivity contribution in [2.45, 2.75) is 6.54 Å². The van der Waals surface area contributed by atoms with E-state index < -0.39 is 0 Å². The van der Waals surface area contributed by atoms with E-state index in [9.17, 15) is 4.79 Å². The summed E-state index contributed by atoms with van der Waals surface area (Å²) < 4.78 is 0. The van der Waals surface area contributed by atoms with E-state index in [0.29, 0.717) is 12.2 Å². The molecule has 27 heavy (non-hydrogen) atoms. The number of carbonyl (C=O) groups excluding carboxylic acids is 1. The number of nitrogens with zero attached hydrogens (tertiary/aromatic N) is 4. The minimum Gasteiger partial charge on any atom is -0.369 e. The van der Waals surface area contributed by atoms with Gasteiger partial charge in [-0.15, -0.1) is 11.3 Å². The first-order valence-electron chi connectivity index (χ1n) is 9.11. The first-order valence-corrected chi connectivity index (χ1v) is 10.4. The molecular formula is C19H26ClN5OS. The van der Waals surface area contributed by atoms with E-state index in [1.165, 1.54) is 5.69 Å². The molecule has 8 heteroatoms. The van der Waals surface area contributed by atoms with Crippen LogP contribution in [0.5, 0.6) is 0 Å². The standard InChI is InChI=1S/C19H26ClN5OS/c1-23(2)7-6-21-19(26)17-14-27-18(22-17)13-24-8-10-25(11-9-24)16-5-3-4-15(20)12-16/h3-5,12,14H,6-11,13H2,1-2H3,(H,21,26). The van der Waals surface area contributed by atoms with E-state index in [-0.39, 0.29) is 5.91 Å². The summed E-state index contributed by atoms with van der Waals surface area (Å²) >= 11 is 7.65. The Labute approximate surface area is 169 Å². The first kappa shape index (κ1) is 20.1. The molecule has 0 unspecified atom stereocenters. The van der Waals surface area contributed by atoms with Crippen LogP contribution in [0.3, 0.4) is 0 Å². The zero-order valence-corrected chi connectivity index (χ0v) is 17.4. The number of carbonyl (C=O) groups is 1. The third-order valence-electron chi connectivity index (χ3n) is 4.53. The molecule has 1 aliphatic rings. The molecule has 1 aromatic carbocycles. The summed E-state index contributed by atoms with van der Waals surface area (Å²) in [5.74, 6) is -0.0925. The third kappa shape index (κ3) is 5.90. The molecule has 0 bridgehead atoms. The van der Waals surface area contributed by atoms with E-state index >= 15 is 0 Å². The Morgan fingerprint density at radius 1 is 1.30 bits per heavy atom. The minimum absolute atomic E-state index is 0.0925. The highest BCUT2D eigenvalue weighted by Gasteiger charge is 2.19. The lowest BCUT2D eigenvalue weighted by Crippen LogP contribution is -2.45. The van der Waals surface area contributed by atoms with Crippen LogP contribution in [0.2, 0.25) is 5.02 Å². The van der Waals surface area contributed by atoms with E-state index in [1.54, 1.807) is 11.3 Å². The third-order valence-corrected chi connectivity index (χ3v) is 5.60. The largest absolute Gasteiger partial charge is 0.369 e. The minimum atomic E-state index is -0.0925. The van der Waals surface area contributed by atoms with Gasteiger partial charge >= 0.3 is 0 Å². The van der Waals surface area contributed by atoms with Gasteiger partial charge in [0.05, 0.1) is 6.54 Å². The Bertz CT molecular complexity index is 758. The van der Waals surface area contributed by atoms with E-state index in [1.807, 2.05) is 42.6 Å². The second-order valence-corrected chi connectivity index (χ2v) is 8.31. The highest BCUT2D eigenvalue weighted by molar-refractivity contribution is 7.09. The van der Waals surface area contributed by atoms with Gasteiger partial charge in [0.2, 0.25) is 0 Å². The van der Waals surface area contributed by atoms with Crippen molar-refractivity contribution in [2.24, 2.45) is 0 Å². The average molecular weight is 408 g/mol. The van der Waals surface area contributed by atoms with Gasteiger partial charge in [0.25, 0.3) is 5.91 Å². The van der Waals surface area contributed by atoms with Crippen molar-refractivity contribution in [3.8, 4) is 0 Å². The number of rotatable bonds is 7. The van der Waals surface area contributed by atoms with Crippen molar-refractivity contribution in [1.29, 1.82) is 0 Å². The van der Waals surface area contributed by atoms with Gasteiger partial charge in [-0.25, -0.2) is 4.98 Å². The second kappa shape index (κ2) is 9.50. The molecule has 0 saturated carbocycles. The zero-order valence-electron chi connectivity index (χ0n) is 15.8. The lowest BCUT2D eigenvalue weighted by Gasteiger charge is -2.35. The Kier molecular flexibility index (Phi) is 7.07. The number of benzene rings is 1. The number of piperazine rings is 1. The van der Waals surface area contributed by atoms with Crippen molar-refractivity contribution < 1.29 is 4.79 Å². The lowest BCUT2D eigenvalue weighted by atomic mass is 10.2. The monoisotopic (exact) mass is 407 g/mol. The van der Waals surface area contributed by atoms with Gasteiger partial charge in [0.1, 0.15) is 10.7 Å². The summed E-state index contributed by atoms with van der Waals surface area (Å²) in [6.45, 7) is 6.10. The van der Waals surface area contributed by atoms with Crippen LogP contribution in [0.15, 0.2) is 29.6 Å². The predicted molar refractivity (Wildman–Crippen MR) is 112 cm³/mol. The summed E-state index contributed by atoms with van der Waals surface area (Å²) in [7, 11) is 3.97. The molecule has 0 aliphatic carbocycles. The molecule has 1 aliphatic heterocycles. The number of nitrogens with one attached hydrogen (secondary N) is 1. The van der Waals surface area contributed by atoms with Crippen LogP contribution < -0.4 is 10.2 Å². The molecule has 0 atom stereocenters. The molecule has 1 amide bonds. The highest BCUT2D eigenvalue weighted by Crippen LogP contribution is 2.21. The second-order valence-electron chi connectivity index (χ2n) is 6.93. The van der Waals surface area contributed by atoms with Crippen molar-refractivity contribution in [3.63, 3.8) is 0 Å². The van der Waals surface area contributed by atoms with Gasteiger partial charge in [-0.2, -0.15) is 0 Å². The van der Waals surface area contributed by atoms with Gasteiger partial charge in [0.15, 0.2) is 0 Å². The molecule has 0 radical (unpaired) electrons. The first-order chi connectivity index (χ1) is 13.0. The maximum atomic E-state index is 12.1. The SMILES string of the molecule is CN(C)CCNC(=O)c1csc(CN2CCN(c3cccc(Cl)c3)CC2)n1. The fourth-order valence-corrected chi connectivity index (χ4v) is 4.00. The van der Waals surface area contributed by atoms with Crippen molar-refractivity contribution in [1.82, 2.24) is 20.1 Å². The van der Waals surface area contributed by atoms with E-state index in [0.717, 1.165) is 49.3 Å². The maximum absolute atomic E-state index is 12.1. The molecule has 0 spiro atoms. The summed E-state index contributed by atoms with van der Waals surface area (Å²) in [5, 5.41) is 6.52. The van der Waals surface area contributed by atoms with Crippen molar-refractivity contribution >= 4 is 34.5 Å². The predicted octanol–water partition coefficient (Wildman–Crippen LogP) is 2.41. The normalized spacial score (nSPS) is 15.3. The molecular weight excluding hydrogens is 382 g/mol. The van der Waals surface area contributed by atoms with Crippen LogP contribution in [-0.2, 0) is 6.54 Å². The number of aromatic nitrogens is 1. The quantitative estimate of drug-likeness (QED) is 0.763. The molecule has 1 aromatic heterocycles. The summed E-state index contributed by atoms with van der Waals surface area (Å²) in [5.41, 5.74) is 1.69. The number of anilines is 1. The van der Waals surface area contributed by atoms with Crippen LogP contribution in [0, 0.1) is 0 Å². The Morgan fingerprint density at radius 3 is 2.78 bits per heavy atom. The van der Waals surface area contributed by atoms with Gasteiger partial charge in [0, 0.05) is 55.4 Å². The number of likely N-dealkylation sites (N-methyl/N-ethyl adjacent to an activating group) is 1. The molecule has 2 aromatic rings. The molecule has 3 rings (SSSR count). The van der Waals surface area contributed by atoms with Gasteiger partial charge in [-0.1, -0.05) is 17.7 Å². The summed E-state index contributed by atoms with van der Waals surface area (Å²) in [6.07, 6.45) is 0. The van der Waals surface area contributed by atoms with Crippen LogP contribution in [0.4, 0.5) is 5.69 Å². The average Bonchev–Trinajstić information content (AvgIpc) is 3.10. The van der Waals surface area contributed by atoms with Crippen LogP contribution in [0.1, 0.15) is 15.5 Å². The molecule has 6 nitrogen and oxygen atoms in total. The number of thiazole rings is 1. The fraction of sp³-hybridized carbons (Fsp3) is 0.474. The Balaban J connectivity index is 1.47. The Hall–Kier alpha value is -1.67. The summed E-state index contributed by atoms with van der Waals surface area (Å²) in [4.78, 5) is 23.4. The molecule has 1 fully saturated rings. The van der Waals surface area contributed by atoms with E-state index in [2.05, 4.69) is 26.2 Å². The Morgan fingerprint density at radius 2 is 2.07 bits per heavy atom. The van der Waals surface area contributed by atoms with Crippen LogP contribution in [-0.4, -0.2) is 74.1 Å². The lowest BCUT2D eigenvalue weighted by molar-refractivity contribution is 0.0946. The number of halogens is 1. The highest BCUT2D eigenvalue weighted by atomic mass is 35.5. The van der Waals surface area contributed by atoms with Gasteiger partial charge in [-0.3, -0.25) is 9.69 Å². The topological polar surface area (TPSA) is 51.7 Å². The van der Waals surface area contributed by atoms with Crippen molar-refractivity contribution in [2.75, 3.05) is 58.3 Å². The van der Waals surface area contributed by atoms with Crippen LogP contribution >= 0.6 is 22.9 Å². The van der Waals surface area contributed by atoms with Crippen molar-refractivity contribution in [3.05, 3.63) is 45.4 Å². The molecule has 146 valence electrons. The number of hydrogen-bond donors (Lipinski definition) is 1. The van der Waals surface area contributed by atoms with Crippen LogP contribution in [0.25, 0.3) is 0 Å². The van der Waals surface area contributed by atoms with E-state index in [4.69, 9.17) is 11.6 Å². The molecule has 2 heterocycles. The van der Waals surface area contributed by atoms with Gasteiger partial charge in [-0.05, 0) is 32.3 Å². The number of hydrogen-bond acceptors (Lipinski definition) is 6. The zero-order chi connectivity index (χ0) is 19.2. The van der Waals surface area contributed by atoms with Gasteiger partial charge < -0.3 is 15.1 Å². The maximum Gasteiger partial charge on any atom is 0.270 e. The summed E-state index contributed by atoms with van der Waals surface area (Å²) in [6, 6.07) is 8.01. The molecule has 1 saturated heterocycles. The molecule has 1 N–H and O–H groups in total. The fourth-order valence-electron chi connectivity index (χ4n) is 3.00. The number of amides is 1. The smallest absolute Gasteiger partial charge is 0.270 e.